The molecule has 112 valence electrons. The van der Waals surface area contributed by atoms with Gasteiger partial charge in [-0.05, 0) is 36.1 Å². The summed E-state index contributed by atoms with van der Waals surface area (Å²) in [5.41, 5.74) is 1.92. The van der Waals surface area contributed by atoms with Crippen LogP contribution in [0.15, 0.2) is 35.4 Å². The molecule has 1 heterocycles. The molecule has 1 aromatic heterocycles. The molecule has 1 N–H and O–H groups in total. The van der Waals surface area contributed by atoms with E-state index >= 15 is 0 Å². The van der Waals surface area contributed by atoms with E-state index in [0.29, 0.717) is 17.4 Å². The molecule has 0 aliphatic rings. The van der Waals surface area contributed by atoms with E-state index in [2.05, 4.69) is 10.3 Å². The van der Waals surface area contributed by atoms with Gasteiger partial charge in [0.05, 0.1) is 19.9 Å². The van der Waals surface area contributed by atoms with Gasteiger partial charge in [-0.3, -0.25) is 0 Å². The molecule has 4 nitrogen and oxygen atoms in total. The van der Waals surface area contributed by atoms with Gasteiger partial charge in [0, 0.05) is 17.6 Å². The maximum atomic E-state index is 6.05. The van der Waals surface area contributed by atoms with E-state index in [1.54, 1.807) is 32.2 Å². The Labute approximate surface area is 133 Å². The summed E-state index contributed by atoms with van der Waals surface area (Å²) in [6.07, 6.45) is 3.69. The van der Waals surface area contributed by atoms with Crippen LogP contribution < -0.4 is 14.8 Å². The highest BCUT2D eigenvalue weighted by Gasteiger charge is 2.11. The Hall–Kier alpha value is -1.59. The second-order valence-electron chi connectivity index (χ2n) is 4.21. The molecule has 0 saturated heterocycles. The number of rotatable bonds is 6. The maximum absolute atomic E-state index is 6.05. The van der Waals surface area contributed by atoms with E-state index in [-0.39, 0.29) is 0 Å². The quantitative estimate of drug-likeness (QED) is 0.640. The molecule has 21 heavy (non-hydrogen) atoms. The highest BCUT2D eigenvalue weighted by atomic mass is 35.5. The number of ether oxygens (including phenoxy) is 2. The summed E-state index contributed by atoms with van der Waals surface area (Å²) in [5, 5.41) is 3.75. The number of hydrogen-bond donors (Lipinski definition) is 1. The van der Waals surface area contributed by atoms with Crippen molar-refractivity contribution >= 4 is 29.1 Å². The average Bonchev–Trinajstić information content (AvgIpc) is 2.53. The van der Waals surface area contributed by atoms with Gasteiger partial charge in [0.2, 0.25) is 0 Å². The molecule has 1 aromatic carbocycles. The number of nitrogens with zero attached hydrogens (tertiary/aromatic N) is 1. The van der Waals surface area contributed by atoms with Crippen LogP contribution in [-0.2, 0) is 6.54 Å². The lowest BCUT2D eigenvalue weighted by Gasteiger charge is -2.15. The van der Waals surface area contributed by atoms with E-state index in [4.69, 9.17) is 21.1 Å². The summed E-state index contributed by atoms with van der Waals surface area (Å²) in [5.74, 6) is 1.44. The summed E-state index contributed by atoms with van der Waals surface area (Å²) < 4.78 is 10.7. The fraction of sp³-hybridized carbons (Fsp3) is 0.267. The summed E-state index contributed by atoms with van der Waals surface area (Å²) in [6, 6.07) is 7.69. The maximum Gasteiger partial charge on any atom is 0.161 e. The Morgan fingerprint density at radius 3 is 2.57 bits per heavy atom. The molecule has 6 heteroatoms. The van der Waals surface area contributed by atoms with E-state index in [9.17, 15) is 0 Å². The normalized spacial score (nSPS) is 10.3. The van der Waals surface area contributed by atoms with Crippen molar-refractivity contribution in [1.29, 1.82) is 0 Å². The van der Waals surface area contributed by atoms with Crippen molar-refractivity contribution < 1.29 is 9.47 Å². The van der Waals surface area contributed by atoms with Gasteiger partial charge in [0.1, 0.15) is 0 Å². The number of anilines is 1. The van der Waals surface area contributed by atoms with Crippen LogP contribution >= 0.6 is 23.4 Å². The molecule has 2 rings (SSSR count). The largest absolute Gasteiger partial charge is 0.493 e. The van der Waals surface area contributed by atoms with Crippen LogP contribution in [0, 0.1) is 0 Å². The van der Waals surface area contributed by atoms with Crippen LogP contribution in [0.5, 0.6) is 11.5 Å². The first kappa shape index (κ1) is 15.8. The SMILES string of the molecule is COc1cc(CNc2cccnc2Cl)c(SC)cc1OC. The smallest absolute Gasteiger partial charge is 0.161 e. The number of pyridine rings is 1. The van der Waals surface area contributed by atoms with Crippen molar-refractivity contribution in [3.05, 3.63) is 41.2 Å². The zero-order chi connectivity index (χ0) is 15.2. The third-order valence-corrected chi connectivity index (χ3v) is 4.14. The second kappa shape index (κ2) is 7.43. The van der Waals surface area contributed by atoms with E-state index in [1.807, 2.05) is 30.5 Å². The van der Waals surface area contributed by atoms with Crippen LogP contribution in [0.4, 0.5) is 5.69 Å². The Kier molecular flexibility index (Phi) is 5.59. The average molecular weight is 325 g/mol. The van der Waals surface area contributed by atoms with Crippen molar-refractivity contribution in [3.8, 4) is 11.5 Å². The highest BCUT2D eigenvalue weighted by Crippen LogP contribution is 2.35. The number of methoxy groups -OCH3 is 2. The van der Waals surface area contributed by atoms with Crippen LogP contribution in [0.3, 0.4) is 0 Å². The molecule has 0 spiro atoms. The zero-order valence-corrected chi connectivity index (χ0v) is 13.7. The number of thioether (sulfide) groups is 1. The number of benzene rings is 1. The van der Waals surface area contributed by atoms with Crippen LogP contribution in [-0.4, -0.2) is 25.5 Å². The first-order valence-electron chi connectivity index (χ1n) is 6.33. The van der Waals surface area contributed by atoms with Gasteiger partial charge < -0.3 is 14.8 Å². The topological polar surface area (TPSA) is 43.4 Å². The minimum absolute atomic E-state index is 0.462. The fourth-order valence-electron chi connectivity index (χ4n) is 1.94. The molecular formula is C15H17ClN2O2S. The summed E-state index contributed by atoms with van der Waals surface area (Å²) >= 11 is 7.71. The Morgan fingerprint density at radius 1 is 1.24 bits per heavy atom. The predicted molar refractivity (Wildman–Crippen MR) is 87.9 cm³/mol. The van der Waals surface area contributed by atoms with Gasteiger partial charge in [-0.1, -0.05) is 11.6 Å². The summed E-state index contributed by atoms with van der Waals surface area (Å²) in [6.45, 7) is 0.627. The lowest BCUT2D eigenvalue weighted by atomic mass is 10.2. The molecule has 0 saturated carbocycles. The van der Waals surface area contributed by atoms with E-state index < -0.39 is 0 Å². The summed E-state index contributed by atoms with van der Waals surface area (Å²) in [7, 11) is 3.26. The lowest BCUT2D eigenvalue weighted by Crippen LogP contribution is -2.03. The summed E-state index contributed by atoms with van der Waals surface area (Å²) in [4.78, 5) is 5.17. The number of halogens is 1. The molecular weight excluding hydrogens is 308 g/mol. The second-order valence-corrected chi connectivity index (χ2v) is 5.42. The van der Waals surface area contributed by atoms with Crippen molar-refractivity contribution in [3.63, 3.8) is 0 Å². The van der Waals surface area contributed by atoms with Gasteiger partial charge in [0.15, 0.2) is 16.7 Å². The number of nitrogens with one attached hydrogen (secondary N) is 1. The minimum Gasteiger partial charge on any atom is -0.493 e. The van der Waals surface area contributed by atoms with E-state index in [0.717, 1.165) is 21.9 Å². The Morgan fingerprint density at radius 2 is 1.95 bits per heavy atom. The molecule has 0 radical (unpaired) electrons. The molecule has 0 bridgehead atoms. The van der Waals surface area contributed by atoms with Gasteiger partial charge in [-0.15, -0.1) is 11.8 Å². The van der Waals surface area contributed by atoms with Crippen molar-refractivity contribution in [1.82, 2.24) is 4.98 Å². The highest BCUT2D eigenvalue weighted by molar-refractivity contribution is 7.98. The number of aromatic nitrogens is 1. The lowest BCUT2D eigenvalue weighted by molar-refractivity contribution is 0.353. The monoisotopic (exact) mass is 324 g/mol. The first-order chi connectivity index (χ1) is 10.2. The molecule has 0 amide bonds. The third-order valence-electron chi connectivity index (χ3n) is 3.01. The van der Waals surface area contributed by atoms with E-state index in [1.165, 1.54) is 0 Å². The first-order valence-corrected chi connectivity index (χ1v) is 7.93. The Bertz CT molecular complexity index is 623. The predicted octanol–water partition coefficient (Wildman–Crippen LogP) is 4.09. The van der Waals surface area contributed by atoms with Gasteiger partial charge >= 0.3 is 0 Å². The third kappa shape index (κ3) is 3.74. The van der Waals surface area contributed by atoms with Crippen LogP contribution in [0.2, 0.25) is 5.15 Å². The van der Waals surface area contributed by atoms with Gasteiger partial charge in [-0.2, -0.15) is 0 Å². The minimum atomic E-state index is 0.462. The van der Waals surface area contributed by atoms with Crippen molar-refractivity contribution in [2.75, 3.05) is 25.8 Å². The Balaban J connectivity index is 2.25. The van der Waals surface area contributed by atoms with Crippen molar-refractivity contribution in [2.24, 2.45) is 0 Å². The van der Waals surface area contributed by atoms with Crippen LogP contribution in [0.25, 0.3) is 0 Å². The molecule has 0 fully saturated rings. The fourth-order valence-corrected chi connectivity index (χ4v) is 2.74. The standard InChI is InChI=1S/C15H17ClN2O2S/c1-19-12-7-10(14(21-3)8-13(12)20-2)9-18-11-5-4-6-17-15(11)16/h4-8,18H,9H2,1-3H3. The van der Waals surface area contributed by atoms with Crippen LogP contribution in [0.1, 0.15) is 5.56 Å². The van der Waals surface area contributed by atoms with Gasteiger partial charge in [0.25, 0.3) is 0 Å². The molecule has 0 aliphatic carbocycles. The van der Waals surface area contributed by atoms with Gasteiger partial charge in [-0.25, -0.2) is 4.98 Å². The molecule has 2 aromatic rings. The number of hydrogen-bond acceptors (Lipinski definition) is 5. The molecule has 0 unspecified atom stereocenters. The zero-order valence-electron chi connectivity index (χ0n) is 12.1. The van der Waals surface area contributed by atoms with Crippen molar-refractivity contribution in [2.45, 2.75) is 11.4 Å². The molecule has 0 atom stereocenters. The molecule has 0 aliphatic heterocycles.